The third kappa shape index (κ3) is 4.23. The first-order chi connectivity index (χ1) is 8.74. The van der Waals surface area contributed by atoms with Crippen molar-refractivity contribution in [2.75, 3.05) is 0 Å². The van der Waals surface area contributed by atoms with E-state index in [9.17, 15) is 4.39 Å². The molecule has 0 aliphatic carbocycles. The van der Waals surface area contributed by atoms with Crippen molar-refractivity contribution in [3.63, 3.8) is 0 Å². The molecule has 1 aromatic heterocycles. The van der Waals surface area contributed by atoms with Crippen LogP contribution in [0.3, 0.4) is 0 Å². The maximum absolute atomic E-state index is 13.4. The van der Waals surface area contributed by atoms with Gasteiger partial charge < -0.3 is 8.60 Å². The Labute approximate surface area is 117 Å². The Bertz CT molecular complexity index is 508. The molecule has 18 heavy (non-hydrogen) atoms. The zero-order valence-corrected chi connectivity index (χ0v) is 11.7. The van der Waals surface area contributed by atoms with Gasteiger partial charge in [-0.3, -0.25) is 0 Å². The molecule has 94 valence electrons. The predicted molar refractivity (Wildman–Crippen MR) is 74.3 cm³/mol. The van der Waals surface area contributed by atoms with Crippen LogP contribution in [0.15, 0.2) is 57.6 Å². The van der Waals surface area contributed by atoms with Crippen molar-refractivity contribution in [3.8, 4) is 0 Å². The fraction of sp³-hybridized carbons (Fsp3) is 0.0769. The summed E-state index contributed by atoms with van der Waals surface area (Å²) in [6, 6.07) is 10.2. The molecule has 5 heteroatoms. The van der Waals surface area contributed by atoms with Gasteiger partial charge >= 0.3 is 0 Å². The number of benzene rings is 1. The zero-order chi connectivity index (χ0) is 12.8. The van der Waals surface area contributed by atoms with Gasteiger partial charge in [-0.15, -0.1) is 0 Å². The molecule has 0 bridgehead atoms. The van der Waals surface area contributed by atoms with Crippen LogP contribution in [-0.2, 0) is 9.94 Å². The lowest BCUT2D eigenvalue weighted by molar-refractivity contribution is 0.349. The Morgan fingerprint density at radius 3 is 2.78 bits per heavy atom. The lowest BCUT2D eigenvalue weighted by Gasteiger charge is -2.00. The molecule has 2 rings (SSSR count). The molecular weight excluding hydrogens is 319 g/mol. The highest BCUT2D eigenvalue weighted by molar-refractivity contribution is 9.10. The van der Waals surface area contributed by atoms with Crippen LogP contribution in [0.1, 0.15) is 11.3 Å². The monoisotopic (exact) mass is 328 g/mol. The Morgan fingerprint density at radius 1 is 1.33 bits per heavy atom. The normalized spacial score (nSPS) is 11.6. The second-order valence-electron chi connectivity index (χ2n) is 3.42. The molecule has 0 N–H and O–H groups in total. The number of hydrogen-bond donors (Lipinski definition) is 0. The standard InChI is InChI=1S/C13H10BrFO2S/c14-11-5-3-10(4-6-11)8-13(15)17-18-9-12-2-1-7-16-12/h1-8H,9H2/b13-8+. The van der Waals surface area contributed by atoms with Crippen molar-refractivity contribution in [1.82, 2.24) is 0 Å². The first-order valence-electron chi connectivity index (χ1n) is 5.18. The largest absolute Gasteiger partial charge is 0.468 e. The maximum Gasteiger partial charge on any atom is 0.285 e. The lowest BCUT2D eigenvalue weighted by atomic mass is 10.2. The summed E-state index contributed by atoms with van der Waals surface area (Å²) in [4.78, 5) is 0. The zero-order valence-electron chi connectivity index (χ0n) is 9.31. The van der Waals surface area contributed by atoms with E-state index < -0.39 is 6.01 Å². The van der Waals surface area contributed by atoms with Crippen LogP contribution in [0.2, 0.25) is 0 Å². The SMILES string of the molecule is F/C(=C\c1ccc(Br)cc1)OSCc1ccco1. The molecule has 0 aliphatic rings. The number of halogens is 2. The van der Waals surface area contributed by atoms with Crippen LogP contribution >= 0.6 is 28.0 Å². The van der Waals surface area contributed by atoms with Crippen LogP contribution in [0.5, 0.6) is 0 Å². The van der Waals surface area contributed by atoms with Crippen molar-refractivity contribution in [2.24, 2.45) is 0 Å². The van der Waals surface area contributed by atoms with Crippen molar-refractivity contribution in [1.29, 1.82) is 0 Å². The molecule has 0 amide bonds. The van der Waals surface area contributed by atoms with Gasteiger partial charge in [-0.05, 0) is 29.8 Å². The van der Waals surface area contributed by atoms with E-state index in [2.05, 4.69) is 15.9 Å². The highest BCUT2D eigenvalue weighted by Gasteiger charge is 2.01. The minimum atomic E-state index is -0.631. The minimum Gasteiger partial charge on any atom is -0.468 e. The second kappa shape index (κ2) is 6.66. The van der Waals surface area contributed by atoms with Crippen LogP contribution in [0.4, 0.5) is 4.39 Å². The Kier molecular flexibility index (Phi) is 4.90. The van der Waals surface area contributed by atoms with Gasteiger partial charge in [0.15, 0.2) is 0 Å². The van der Waals surface area contributed by atoms with Gasteiger partial charge in [0.25, 0.3) is 6.01 Å². The number of furan rings is 1. The maximum atomic E-state index is 13.4. The van der Waals surface area contributed by atoms with Gasteiger partial charge in [-0.1, -0.05) is 28.1 Å². The molecule has 2 aromatic rings. The van der Waals surface area contributed by atoms with Crippen LogP contribution in [-0.4, -0.2) is 0 Å². The predicted octanol–water partition coefficient (Wildman–Crippen LogP) is 5.18. The Hall–Kier alpha value is -1.20. The molecule has 1 heterocycles. The Morgan fingerprint density at radius 2 is 2.11 bits per heavy atom. The third-order valence-corrected chi connectivity index (χ3v) is 3.28. The van der Waals surface area contributed by atoms with Crippen molar-refractivity contribution in [3.05, 3.63) is 64.5 Å². The van der Waals surface area contributed by atoms with Gasteiger partial charge in [0.2, 0.25) is 0 Å². The lowest BCUT2D eigenvalue weighted by Crippen LogP contribution is -1.80. The third-order valence-electron chi connectivity index (χ3n) is 2.07. The summed E-state index contributed by atoms with van der Waals surface area (Å²) in [7, 11) is 0. The van der Waals surface area contributed by atoms with E-state index in [4.69, 9.17) is 8.60 Å². The molecule has 0 unspecified atom stereocenters. The quantitative estimate of drug-likeness (QED) is 0.558. The molecule has 0 saturated heterocycles. The van der Waals surface area contributed by atoms with E-state index in [1.54, 1.807) is 24.5 Å². The van der Waals surface area contributed by atoms with Gasteiger partial charge in [0.1, 0.15) is 5.76 Å². The Balaban J connectivity index is 1.83. The summed E-state index contributed by atoms with van der Waals surface area (Å²) in [5.41, 5.74) is 0.745. The molecule has 2 nitrogen and oxygen atoms in total. The first-order valence-corrected chi connectivity index (χ1v) is 6.89. The number of rotatable bonds is 5. The first kappa shape index (κ1) is 13.2. The van der Waals surface area contributed by atoms with Crippen molar-refractivity contribution < 1.29 is 13.0 Å². The fourth-order valence-corrected chi connectivity index (χ4v) is 2.02. The second-order valence-corrected chi connectivity index (χ2v) is 5.03. The van der Waals surface area contributed by atoms with Crippen molar-refractivity contribution in [2.45, 2.75) is 5.75 Å². The van der Waals surface area contributed by atoms with Gasteiger partial charge in [0.05, 0.1) is 24.1 Å². The molecule has 0 saturated carbocycles. The highest BCUT2D eigenvalue weighted by atomic mass is 79.9. The average Bonchev–Trinajstić information content (AvgIpc) is 2.85. The smallest absolute Gasteiger partial charge is 0.285 e. The van der Waals surface area contributed by atoms with E-state index in [-0.39, 0.29) is 0 Å². The van der Waals surface area contributed by atoms with Crippen LogP contribution < -0.4 is 0 Å². The van der Waals surface area contributed by atoms with E-state index in [0.29, 0.717) is 5.75 Å². The summed E-state index contributed by atoms with van der Waals surface area (Å²) in [6.45, 7) is 0. The molecule has 0 atom stereocenters. The molecule has 0 radical (unpaired) electrons. The van der Waals surface area contributed by atoms with Gasteiger partial charge in [-0.2, -0.15) is 4.39 Å². The van der Waals surface area contributed by atoms with E-state index in [1.807, 2.05) is 18.2 Å². The molecule has 0 aliphatic heterocycles. The van der Waals surface area contributed by atoms with E-state index >= 15 is 0 Å². The molecular formula is C13H10BrFO2S. The summed E-state index contributed by atoms with van der Waals surface area (Å²) in [5, 5.41) is 0. The summed E-state index contributed by atoms with van der Waals surface area (Å²) < 4.78 is 24.3. The fourth-order valence-electron chi connectivity index (χ4n) is 1.25. The molecule has 0 fully saturated rings. The van der Waals surface area contributed by atoms with Gasteiger partial charge in [-0.25, -0.2) is 0 Å². The van der Waals surface area contributed by atoms with Crippen molar-refractivity contribution >= 4 is 34.0 Å². The minimum absolute atomic E-state index is 0.467. The summed E-state index contributed by atoms with van der Waals surface area (Å²) in [5.74, 6) is 1.21. The summed E-state index contributed by atoms with van der Waals surface area (Å²) >= 11 is 4.31. The van der Waals surface area contributed by atoms with E-state index in [1.165, 1.54) is 6.08 Å². The van der Waals surface area contributed by atoms with Crippen LogP contribution in [0.25, 0.3) is 6.08 Å². The molecule has 1 aromatic carbocycles. The highest BCUT2D eigenvalue weighted by Crippen LogP contribution is 2.20. The van der Waals surface area contributed by atoms with Gasteiger partial charge in [0, 0.05) is 10.5 Å². The van der Waals surface area contributed by atoms with Crippen LogP contribution in [0, 0.1) is 0 Å². The van der Waals surface area contributed by atoms with E-state index in [0.717, 1.165) is 27.8 Å². The average molecular weight is 329 g/mol. The topological polar surface area (TPSA) is 22.4 Å². The summed E-state index contributed by atoms with van der Waals surface area (Å²) in [6.07, 6.45) is 2.91. The molecule has 0 spiro atoms. The number of hydrogen-bond acceptors (Lipinski definition) is 3.